The summed E-state index contributed by atoms with van der Waals surface area (Å²) < 4.78 is 6.17. The fourth-order valence-electron chi connectivity index (χ4n) is 7.49. The molecule has 6 N–H and O–H groups in total. The fourth-order valence-corrected chi connectivity index (χ4v) is 17.6. The van der Waals surface area contributed by atoms with Gasteiger partial charge in [-0.05, 0) is 200 Å². The molecule has 0 unspecified atom stereocenters. The molecule has 0 spiro atoms. The molecule has 0 saturated heterocycles. The number of aromatic amines is 2. The van der Waals surface area contributed by atoms with Crippen LogP contribution >= 0.6 is 191 Å². The number of nitrogens with one attached hydrogen (secondary N) is 2. The molecule has 9 rings (SSSR count). The topological polar surface area (TPSA) is 138 Å². The molecule has 0 aliphatic carbocycles. The number of rotatable bonds is 4. The molecule has 7 aromatic rings. The summed E-state index contributed by atoms with van der Waals surface area (Å²) in [6, 6.07) is 14.8. The number of aromatic nitrogens is 4. The van der Waals surface area contributed by atoms with Gasteiger partial charge in [0.1, 0.15) is 23.0 Å². The number of phenolic OH excluding ortho intramolecular Hbond substituents is 4. The Balaban J connectivity index is 1.57. The maximum atomic E-state index is 11.3. The van der Waals surface area contributed by atoms with Crippen molar-refractivity contribution >= 4 is 238 Å². The molecule has 8 bridgehead atoms. The maximum absolute atomic E-state index is 11.3. The largest absolute Gasteiger partial charge is 0.506 e. The molecule has 3 aromatic heterocycles. The standard InChI is InChI=1S/C44H18Br12N4O4/c45-13-9-17(49)41(61)37(53)29(13)33-21-1-2-22(57-21)34(30-14(46)10-18(50)42(62)38(30)54)24-5-6-26(59-24)36(32-16(48)12-20(52)44(64)40(32)56)28-8-7-27(60-28)35(25-4-3-23(33)58-25)31-15(47)11-19(51)43(63)39(31)55/h1-12,57,60-64H. The highest BCUT2D eigenvalue weighted by molar-refractivity contribution is 9.13. The summed E-state index contributed by atoms with van der Waals surface area (Å²) in [5, 5.41) is 45.3. The van der Waals surface area contributed by atoms with Crippen LogP contribution in [0.2, 0.25) is 0 Å². The molecular formula is C44H18Br12N4O4. The summed E-state index contributed by atoms with van der Waals surface area (Å²) in [7, 11) is 0. The number of nitrogens with zero attached hydrogens (tertiary/aromatic N) is 2. The summed E-state index contributed by atoms with van der Waals surface area (Å²) >= 11 is 43.8. The van der Waals surface area contributed by atoms with Crippen LogP contribution in [0, 0.1) is 0 Å². The summed E-state index contributed by atoms with van der Waals surface area (Å²) in [6.07, 6.45) is 7.60. The van der Waals surface area contributed by atoms with Crippen molar-refractivity contribution in [3.63, 3.8) is 0 Å². The second-order valence-corrected chi connectivity index (χ2v) is 24.0. The van der Waals surface area contributed by atoms with Gasteiger partial charge < -0.3 is 30.4 Å². The smallest absolute Gasteiger partial charge is 0.144 e. The van der Waals surface area contributed by atoms with Crippen molar-refractivity contribution in [2.75, 3.05) is 0 Å². The lowest BCUT2D eigenvalue weighted by Gasteiger charge is -2.14. The first-order valence-electron chi connectivity index (χ1n) is 18.0. The molecule has 20 heteroatoms. The van der Waals surface area contributed by atoms with Crippen molar-refractivity contribution < 1.29 is 20.4 Å². The summed E-state index contributed by atoms with van der Waals surface area (Å²) in [4.78, 5) is 18.0. The zero-order chi connectivity index (χ0) is 45.8. The molecule has 0 amide bonds. The van der Waals surface area contributed by atoms with E-state index in [1.807, 2.05) is 48.6 Å². The van der Waals surface area contributed by atoms with Crippen LogP contribution < -0.4 is 0 Å². The first kappa shape index (κ1) is 47.5. The van der Waals surface area contributed by atoms with Gasteiger partial charge in [-0.25, -0.2) is 9.97 Å². The summed E-state index contributed by atoms with van der Waals surface area (Å²) in [5.41, 5.74) is 9.64. The van der Waals surface area contributed by atoms with Gasteiger partial charge in [0.05, 0.1) is 58.6 Å². The van der Waals surface area contributed by atoms with Crippen LogP contribution in [-0.2, 0) is 0 Å². The predicted octanol–water partition coefficient (Wildman–Crippen LogP) is 19.3. The molecule has 4 aromatic carbocycles. The highest BCUT2D eigenvalue weighted by Crippen LogP contribution is 2.53. The van der Waals surface area contributed by atoms with E-state index >= 15 is 0 Å². The molecule has 2 aliphatic heterocycles. The Morgan fingerprint density at radius 1 is 0.297 bits per heavy atom. The maximum Gasteiger partial charge on any atom is 0.144 e. The van der Waals surface area contributed by atoms with Crippen LogP contribution in [0.5, 0.6) is 23.0 Å². The van der Waals surface area contributed by atoms with Crippen molar-refractivity contribution in [3.05, 3.63) is 125 Å². The van der Waals surface area contributed by atoms with E-state index in [9.17, 15) is 20.4 Å². The number of hydrogen-bond donors (Lipinski definition) is 6. The van der Waals surface area contributed by atoms with Gasteiger partial charge in [-0.3, -0.25) is 0 Å². The van der Waals surface area contributed by atoms with E-state index in [-0.39, 0.29) is 23.0 Å². The highest BCUT2D eigenvalue weighted by Gasteiger charge is 2.27. The van der Waals surface area contributed by atoms with E-state index in [1.165, 1.54) is 0 Å². The van der Waals surface area contributed by atoms with Gasteiger partial charge in [-0.1, -0.05) is 63.7 Å². The van der Waals surface area contributed by atoms with Gasteiger partial charge in [0, 0.05) is 84.5 Å². The highest BCUT2D eigenvalue weighted by atomic mass is 79.9. The molecule has 0 radical (unpaired) electrons. The van der Waals surface area contributed by atoms with Crippen LogP contribution in [0.1, 0.15) is 22.8 Å². The summed E-state index contributed by atoms with van der Waals surface area (Å²) in [5.74, 6) is -0.0402. The van der Waals surface area contributed by atoms with Crippen LogP contribution in [0.3, 0.4) is 0 Å². The first-order valence-corrected chi connectivity index (χ1v) is 27.5. The quantitative estimate of drug-likeness (QED) is 0.104. The van der Waals surface area contributed by atoms with Crippen molar-refractivity contribution in [2.45, 2.75) is 0 Å². The minimum absolute atomic E-state index is 0.0100. The zero-order valence-electron chi connectivity index (χ0n) is 31.1. The number of benzene rings is 4. The molecule has 0 saturated carbocycles. The van der Waals surface area contributed by atoms with E-state index in [2.05, 4.69) is 201 Å². The average Bonchev–Trinajstić information content (AvgIpc) is 4.09. The van der Waals surface area contributed by atoms with Crippen molar-refractivity contribution in [1.29, 1.82) is 0 Å². The zero-order valence-corrected chi connectivity index (χ0v) is 50.2. The number of aromatic hydroxyl groups is 4. The Hall–Kier alpha value is -1.56. The minimum Gasteiger partial charge on any atom is -0.506 e. The van der Waals surface area contributed by atoms with Gasteiger partial charge in [0.25, 0.3) is 0 Å². The Kier molecular flexibility index (Phi) is 13.7. The Morgan fingerprint density at radius 3 is 0.703 bits per heavy atom. The number of fused-ring (bicyclic) bond motifs is 8. The Morgan fingerprint density at radius 2 is 0.500 bits per heavy atom. The molecular weight excluding hydrogens is 1610 g/mol. The molecule has 8 nitrogen and oxygen atoms in total. The van der Waals surface area contributed by atoms with E-state index in [0.717, 1.165) is 0 Å². The lowest BCUT2D eigenvalue weighted by molar-refractivity contribution is 0.468. The molecule has 322 valence electrons. The van der Waals surface area contributed by atoms with Crippen LogP contribution in [-0.4, -0.2) is 40.4 Å². The SMILES string of the molecule is Oc1c(Br)cc(Br)c(-c2c3nc(c(-c4c(Br)cc(Br)c(O)c4Br)c4ccc([nH]4)c(-c4c(Br)cc(Br)c(O)c4Br)c4nc(c(-c5c(Br)cc(Br)c(O)c5Br)c5ccc2[nH]5)C=C4)C=C3)c1Br. The number of H-pyrrole nitrogens is 2. The second-order valence-electron chi connectivity index (χ2n) is 14.0. The fraction of sp³-hybridized carbons (Fsp3) is 0. The van der Waals surface area contributed by atoms with Gasteiger partial charge in [0.2, 0.25) is 0 Å². The van der Waals surface area contributed by atoms with E-state index in [0.29, 0.717) is 143 Å². The third-order valence-corrected chi connectivity index (χ3v) is 18.3. The monoisotopic (exact) mass is 1610 g/mol. The lowest BCUT2D eigenvalue weighted by Crippen LogP contribution is -1.93. The Labute approximate surface area is 464 Å². The van der Waals surface area contributed by atoms with Crippen LogP contribution in [0.15, 0.2) is 102 Å². The van der Waals surface area contributed by atoms with Gasteiger partial charge in [-0.15, -0.1) is 0 Å². The summed E-state index contributed by atoms with van der Waals surface area (Å²) in [6.45, 7) is 0. The normalized spacial score (nSPS) is 12.2. The first-order chi connectivity index (χ1) is 30.4. The molecule has 5 heterocycles. The predicted molar refractivity (Wildman–Crippen MR) is 300 cm³/mol. The van der Waals surface area contributed by atoms with Crippen molar-refractivity contribution in [2.24, 2.45) is 0 Å². The number of halogens is 12. The average molecular weight is 1630 g/mol. The molecule has 64 heavy (non-hydrogen) atoms. The second kappa shape index (κ2) is 18.4. The third kappa shape index (κ3) is 8.09. The van der Waals surface area contributed by atoms with Crippen LogP contribution in [0.25, 0.3) is 90.9 Å². The molecule has 0 fully saturated rings. The van der Waals surface area contributed by atoms with Gasteiger partial charge >= 0.3 is 0 Å². The minimum atomic E-state index is -0.0100. The number of hydrogen-bond acceptors (Lipinski definition) is 6. The van der Waals surface area contributed by atoms with Crippen LogP contribution in [0.4, 0.5) is 0 Å². The van der Waals surface area contributed by atoms with Gasteiger partial charge in [-0.2, -0.15) is 0 Å². The Bertz CT molecular complexity index is 3050. The van der Waals surface area contributed by atoms with Gasteiger partial charge in [0.15, 0.2) is 0 Å². The third-order valence-electron chi connectivity index (χ3n) is 10.3. The number of phenols is 4. The molecule has 0 atom stereocenters. The van der Waals surface area contributed by atoms with E-state index < -0.39 is 0 Å². The van der Waals surface area contributed by atoms with Crippen molar-refractivity contribution in [1.82, 2.24) is 19.9 Å². The molecule has 2 aliphatic rings. The van der Waals surface area contributed by atoms with Crippen molar-refractivity contribution in [3.8, 4) is 67.5 Å². The lowest BCUT2D eigenvalue weighted by atomic mass is 10.0. The van der Waals surface area contributed by atoms with E-state index in [4.69, 9.17) is 9.97 Å². The van der Waals surface area contributed by atoms with E-state index in [1.54, 1.807) is 24.3 Å².